The SMILES string of the molecule is CC[C@H](CO)N[C@@H](C)c1ccc(Br)cc1. The third kappa shape index (κ3) is 3.93. The molecule has 0 saturated carbocycles. The molecule has 0 aromatic heterocycles. The van der Waals surface area contributed by atoms with Crippen molar-refractivity contribution in [2.24, 2.45) is 0 Å². The lowest BCUT2D eigenvalue weighted by Crippen LogP contribution is -2.33. The molecule has 1 rings (SSSR count). The molecule has 1 aromatic carbocycles. The Labute approximate surface area is 99.8 Å². The normalized spacial score (nSPS) is 14.9. The lowest BCUT2D eigenvalue weighted by atomic mass is 10.1. The highest BCUT2D eigenvalue weighted by atomic mass is 79.9. The van der Waals surface area contributed by atoms with E-state index in [9.17, 15) is 0 Å². The fourth-order valence-corrected chi connectivity index (χ4v) is 1.77. The van der Waals surface area contributed by atoms with Crippen molar-refractivity contribution in [2.75, 3.05) is 6.61 Å². The Bertz CT molecular complexity index is 282. The summed E-state index contributed by atoms with van der Waals surface area (Å²) in [7, 11) is 0. The van der Waals surface area contributed by atoms with E-state index in [4.69, 9.17) is 5.11 Å². The van der Waals surface area contributed by atoms with Crippen LogP contribution in [-0.4, -0.2) is 17.8 Å². The molecule has 0 heterocycles. The smallest absolute Gasteiger partial charge is 0.0584 e. The number of aliphatic hydroxyl groups excluding tert-OH is 1. The molecule has 2 N–H and O–H groups in total. The minimum atomic E-state index is 0.184. The first-order valence-corrected chi connectivity index (χ1v) is 6.09. The second-order valence-electron chi connectivity index (χ2n) is 3.73. The summed E-state index contributed by atoms with van der Waals surface area (Å²) < 4.78 is 1.09. The number of hydrogen-bond donors (Lipinski definition) is 2. The van der Waals surface area contributed by atoms with E-state index in [1.165, 1.54) is 5.56 Å². The first-order valence-electron chi connectivity index (χ1n) is 5.29. The van der Waals surface area contributed by atoms with Crippen molar-refractivity contribution in [1.29, 1.82) is 0 Å². The first-order chi connectivity index (χ1) is 7.17. The molecule has 2 atom stereocenters. The van der Waals surface area contributed by atoms with Gasteiger partial charge in [0.15, 0.2) is 0 Å². The van der Waals surface area contributed by atoms with Gasteiger partial charge in [-0.15, -0.1) is 0 Å². The van der Waals surface area contributed by atoms with Gasteiger partial charge in [-0.2, -0.15) is 0 Å². The van der Waals surface area contributed by atoms with Crippen LogP contribution in [-0.2, 0) is 0 Å². The van der Waals surface area contributed by atoms with E-state index in [-0.39, 0.29) is 18.7 Å². The number of benzene rings is 1. The van der Waals surface area contributed by atoms with Gasteiger partial charge in [-0.25, -0.2) is 0 Å². The molecule has 0 bridgehead atoms. The van der Waals surface area contributed by atoms with Crippen LogP contribution < -0.4 is 5.32 Å². The summed E-state index contributed by atoms with van der Waals surface area (Å²) in [5.41, 5.74) is 1.24. The standard InChI is InChI=1S/C12H18BrNO/c1-3-12(8-15)14-9(2)10-4-6-11(13)7-5-10/h4-7,9,12,14-15H,3,8H2,1-2H3/t9-,12+/m0/s1. The number of nitrogens with one attached hydrogen (secondary N) is 1. The van der Waals surface area contributed by atoms with Gasteiger partial charge in [-0.1, -0.05) is 35.0 Å². The van der Waals surface area contributed by atoms with E-state index in [1.807, 2.05) is 12.1 Å². The minimum absolute atomic E-state index is 0.184. The van der Waals surface area contributed by atoms with Crippen LogP contribution in [0.3, 0.4) is 0 Å². The van der Waals surface area contributed by atoms with E-state index in [0.29, 0.717) is 0 Å². The van der Waals surface area contributed by atoms with Gasteiger partial charge in [0.05, 0.1) is 6.61 Å². The quantitative estimate of drug-likeness (QED) is 0.863. The van der Waals surface area contributed by atoms with E-state index >= 15 is 0 Å². The van der Waals surface area contributed by atoms with Gasteiger partial charge in [-0.05, 0) is 31.0 Å². The topological polar surface area (TPSA) is 32.3 Å². The average Bonchev–Trinajstić information content (AvgIpc) is 2.26. The van der Waals surface area contributed by atoms with E-state index in [0.717, 1.165) is 10.9 Å². The third-order valence-corrected chi connectivity index (χ3v) is 3.10. The summed E-state index contributed by atoms with van der Waals surface area (Å²) in [6.45, 7) is 4.38. The van der Waals surface area contributed by atoms with E-state index in [1.54, 1.807) is 0 Å². The Morgan fingerprint density at radius 2 is 1.93 bits per heavy atom. The minimum Gasteiger partial charge on any atom is -0.395 e. The lowest BCUT2D eigenvalue weighted by Gasteiger charge is -2.20. The zero-order valence-corrected chi connectivity index (χ0v) is 10.8. The fourth-order valence-electron chi connectivity index (χ4n) is 1.50. The van der Waals surface area contributed by atoms with Crippen molar-refractivity contribution >= 4 is 15.9 Å². The Balaban J connectivity index is 2.60. The maximum absolute atomic E-state index is 9.10. The Morgan fingerprint density at radius 3 is 2.40 bits per heavy atom. The lowest BCUT2D eigenvalue weighted by molar-refractivity contribution is 0.230. The second kappa shape index (κ2) is 6.26. The Morgan fingerprint density at radius 1 is 1.33 bits per heavy atom. The van der Waals surface area contributed by atoms with Crippen molar-refractivity contribution in [2.45, 2.75) is 32.4 Å². The van der Waals surface area contributed by atoms with E-state index in [2.05, 4.69) is 47.2 Å². The molecule has 0 radical (unpaired) electrons. The van der Waals surface area contributed by atoms with Gasteiger partial charge in [0.2, 0.25) is 0 Å². The van der Waals surface area contributed by atoms with Gasteiger partial charge < -0.3 is 10.4 Å². The number of halogens is 1. The van der Waals surface area contributed by atoms with Crippen LogP contribution >= 0.6 is 15.9 Å². The highest BCUT2D eigenvalue weighted by Gasteiger charge is 2.10. The average molecular weight is 272 g/mol. The molecule has 0 spiro atoms. The number of hydrogen-bond acceptors (Lipinski definition) is 2. The van der Waals surface area contributed by atoms with E-state index < -0.39 is 0 Å². The van der Waals surface area contributed by atoms with Crippen molar-refractivity contribution in [3.05, 3.63) is 34.3 Å². The van der Waals surface area contributed by atoms with Crippen LogP contribution in [0.5, 0.6) is 0 Å². The van der Waals surface area contributed by atoms with Crippen LogP contribution in [0.15, 0.2) is 28.7 Å². The summed E-state index contributed by atoms with van der Waals surface area (Å²) in [6, 6.07) is 8.71. The number of aliphatic hydroxyl groups is 1. The molecule has 0 aliphatic rings. The zero-order valence-electron chi connectivity index (χ0n) is 9.20. The van der Waals surface area contributed by atoms with Gasteiger partial charge in [0.25, 0.3) is 0 Å². The molecule has 15 heavy (non-hydrogen) atoms. The molecule has 0 saturated heterocycles. The van der Waals surface area contributed by atoms with Crippen molar-refractivity contribution in [3.8, 4) is 0 Å². The maximum Gasteiger partial charge on any atom is 0.0584 e. The van der Waals surface area contributed by atoms with Crippen LogP contribution in [0.4, 0.5) is 0 Å². The first kappa shape index (κ1) is 12.7. The van der Waals surface area contributed by atoms with Crippen LogP contribution in [0.2, 0.25) is 0 Å². The summed E-state index contributed by atoms with van der Waals surface area (Å²) in [5.74, 6) is 0. The highest BCUT2D eigenvalue weighted by Crippen LogP contribution is 2.17. The third-order valence-electron chi connectivity index (χ3n) is 2.57. The predicted octanol–water partition coefficient (Wildman–Crippen LogP) is 2.87. The molecule has 2 nitrogen and oxygen atoms in total. The van der Waals surface area contributed by atoms with Crippen LogP contribution in [0.25, 0.3) is 0 Å². The molecular weight excluding hydrogens is 254 g/mol. The largest absolute Gasteiger partial charge is 0.395 e. The summed E-state index contributed by atoms with van der Waals surface area (Å²) in [5, 5.41) is 12.5. The van der Waals surface area contributed by atoms with Gasteiger partial charge >= 0.3 is 0 Å². The second-order valence-corrected chi connectivity index (χ2v) is 4.64. The van der Waals surface area contributed by atoms with Crippen LogP contribution in [0.1, 0.15) is 31.9 Å². The van der Waals surface area contributed by atoms with Crippen molar-refractivity contribution < 1.29 is 5.11 Å². The summed E-state index contributed by atoms with van der Waals surface area (Å²) in [6.07, 6.45) is 0.942. The molecule has 0 aliphatic heterocycles. The molecule has 0 aliphatic carbocycles. The molecule has 0 amide bonds. The Kier molecular flexibility index (Phi) is 5.29. The zero-order chi connectivity index (χ0) is 11.3. The fraction of sp³-hybridized carbons (Fsp3) is 0.500. The van der Waals surface area contributed by atoms with Gasteiger partial charge in [0, 0.05) is 16.6 Å². The van der Waals surface area contributed by atoms with Crippen molar-refractivity contribution in [1.82, 2.24) is 5.32 Å². The summed E-state index contributed by atoms with van der Waals surface area (Å²) in [4.78, 5) is 0. The Hall–Kier alpha value is -0.380. The molecule has 3 heteroatoms. The highest BCUT2D eigenvalue weighted by molar-refractivity contribution is 9.10. The molecule has 0 fully saturated rings. The maximum atomic E-state index is 9.10. The van der Waals surface area contributed by atoms with Gasteiger partial charge in [-0.3, -0.25) is 0 Å². The van der Waals surface area contributed by atoms with Crippen LogP contribution in [0, 0.1) is 0 Å². The molecule has 1 aromatic rings. The molecule has 84 valence electrons. The molecular formula is C12H18BrNO. The van der Waals surface area contributed by atoms with Gasteiger partial charge in [0.1, 0.15) is 0 Å². The molecule has 0 unspecified atom stereocenters. The monoisotopic (exact) mass is 271 g/mol. The summed E-state index contributed by atoms with van der Waals surface area (Å²) >= 11 is 3.41. The predicted molar refractivity (Wildman–Crippen MR) is 66.9 cm³/mol. The number of rotatable bonds is 5. The van der Waals surface area contributed by atoms with Crippen molar-refractivity contribution in [3.63, 3.8) is 0 Å².